The lowest BCUT2D eigenvalue weighted by atomic mass is 10.1. The lowest BCUT2D eigenvalue weighted by Crippen LogP contribution is -2.14. The minimum absolute atomic E-state index is 0.226. The molecule has 108 valence electrons. The van der Waals surface area contributed by atoms with E-state index in [0.717, 1.165) is 30.8 Å². The first-order valence-corrected chi connectivity index (χ1v) is 7.57. The Bertz CT molecular complexity index is 482. The van der Waals surface area contributed by atoms with Gasteiger partial charge >= 0.3 is 0 Å². The molecule has 1 heterocycles. The summed E-state index contributed by atoms with van der Waals surface area (Å²) >= 11 is 1.48. The maximum atomic E-state index is 11.0. The number of rotatable bonds is 5. The fourth-order valence-electron chi connectivity index (χ4n) is 1.95. The Morgan fingerprint density at radius 2 is 2.10 bits per heavy atom. The minimum atomic E-state index is -0.415. The zero-order chi connectivity index (χ0) is 14.4. The Labute approximate surface area is 122 Å². The van der Waals surface area contributed by atoms with Gasteiger partial charge in [-0.3, -0.25) is 9.79 Å². The van der Waals surface area contributed by atoms with E-state index in [0.29, 0.717) is 17.3 Å². The van der Waals surface area contributed by atoms with Crippen LogP contribution >= 0.6 is 11.8 Å². The van der Waals surface area contributed by atoms with Crippen LogP contribution in [0, 0.1) is 0 Å². The zero-order valence-corrected chi connectivity index (χ0v) is 12.1. The molecule has 4 N–H and O–H groups in total. The summed E-state index contributed by atoms with van der Waals surface area (Å²) in [5, 5.41) is 0.569. The van der Waals surface area contributed by atoms with Gasteiger partial charge in [-0.2, -0.15) is 0 Å². The number of hydrogen-bond donors (Lipinski definition) is 2. The molecule has 0 aliphatic carbocycles. The second-order valence-electron chi connectivity index (χ2n) is 4.66. The molecule has 1 aromatic rings. The van der Waals surface area contributed by atoms with Crippen LogP contribution < -0.4 is 11.5 Å². The van der Waals surface area contributed by atoms with Crippen LogP contribution in [0.4, 0.5) is 0 Å². The topological polar surface area (TPSA) is 90.7 Å². The number of hydrogen-bond acceptors (Lipinski definition) is 4. The van der Waals surface area contributed by atoms with Gasteiger partial charge in [0.2, 0.25) is 5.91 Å². The Morgan fingerprint density at radius 1 is 1.35 bits per heavy atom. The Balaban J connectivity index is 1.78. The number of benzene rings is 1. The van der Waals surface area contributed by atoms with Crippen LogP contribution in [0.25, 0.3) is 0 Å². The zero-order valence-electron chi connectivity index (χ0n) is 11.2. The third-order valence-electron chi connectivity index (χ3n) is 3.10. The fourth-order valence-corrected chi connectivity index (χ4v) is 2.62. The van der Waals surface area contributed by atoms with Gasteiger partial charge in [0.15, 0.2) is 5.17 Å². The maximum absolute atomic E-state index is 11.0. The average Bonchev–Trinajstić information content (AvgIpc) is 2.96. The van der Waals surface area contributed by atoms with Crippen LogP contribution in [0.1, 0.15) is 28.8 Å². The van der Waals surface area contributed by atoms with Crippen LogP contribution in [0.3, 0.4) is 0 Å². The monoisotopic (exact) mass is 293 g/mol. The molecule has 1 amide bonds. The fraction of sp³-hybridized carbons (Fsp3) is 0.429. The summed E-state index contributed by atoms with van der Waals surface area (Å²) in [5.41, 5.74) is 12.6. The van der Waals surface area contributed by atoms with E-state index in [1.165, 1.54) is 11.8 Å². The van der Waals surface area contributed by atoms with E-state index in [1.54, 1.807) is 12.1 Å². The number of thioether (sulfide) groups is 1. The van der Waals surface area contributed by atoms with Crippen LogP contribution in [-0.4, -0.2) is 30.3 Å². The number of amides is 1. The molecule has 0 spiro atoms. The highest BCUT2D eigenvalue weighted by Gasteiger charge is 2.14. The van der Waals surface area contributed by atoms with E-state index >= 15 is 0 Å². The van der Waals surface area contributed by atoms with E-state index in [2.05, 4.69) is 4.99 Å². The Morgan fingerprint density at radius 3 is 2.70 bits per heavy atom. The number of primary amides is 1. The number of carbonyl (C=O) groups excluding carboxylic acids is 1. The van der Waals surface area contributed by atoms with Crippen LogP contribution in [0.2, 0.25) is 0 Å². The number of nitrogens with two attached hydrogens (primary N) is 2. The minimum Gasteiger partial charge on any atom is -0.379 e. The largest absolute Gasteiger partial charge is 0.379 e. The molecular weight excluding hydrogens is 274 g/mol. The summed E-state index contributed by atoms with van der Waals surface area (Å²) in [6.07, 6.45) is 2.40. The molecule has 1 unspecified atom stereocenters. The maximum Gasteiger partial charge on any atom is 0.248 e. The summed E-state index contributed by atoms with van der Waals surface area (Å²) in [6, 6.07) is 7.19. The first-order chi connectivity index (χ1) is 9.65. The third-order valence-corrected chi connectivity index (χ3v) is 4.00. The molecular formula is C14H19N3O2S. The molecule has 1 fully saturated rings. The van der Waals surface area contributed by atoms with Crippen molar-refractivity contribution >= 4 is 22.8 Å². The van der Waals surface area contributed by atoms with Gasteiger partial charge in [0.25, 0.3) is 0 Å². The molecule has 0 bridgehead atoms. The first-order valence-electron chi connectivity index (χ1n) is 6.58. The van der Waals surface area contributed by atoms with Crippen molar-refractivity contribution in [3.63, 3.8) is 0 Å². The van der Waals surface area contributed by atoms with Crippen molar-refractivity contribution in [2.24, 2.45) is 16.5 Å². The average molecular weight is 293 g/mol. The molecule has 1 saturated heterocycles. The molecule has 1 aliphatic rings. The standard InChI is InChI=1S/C14H19N3O2S/c15-13(18)11-5-3-10(4-6-11)9-20-14(16)17-8-12-2-1-7-19-12/h3-6,12H,1-2,7-9H2,(H2,15,18)(H2,16,17). The summed E-state index contributed by atoms with van der Waals surface area (Å²) < 4.78 is 5.49. The van der Waals surface area contributed by atoms with Gasteiger partial charge < -0.3 is 16.2 Å². The predicted octanol–water partition coefficient (Wildman–Crippen LogP) is 1.51. The number of nitrogens with zero attached hydrogens (tertiary/aromatic N) is 1. The van der Waals surface area contributed by atoms with Crippen molar-refractivity contribution in [2.45, 2.75) is 24.7 Å². The molecule has 6 heteroatoms. The second kappa shape index (κ2) is 7.31. The van der Waals surface area contributed by atoms with Crippen molar-refractivity contribution in [3.8, 4) is 0 Å². The molecule has 0 radical (unpaired) electrons. The molecule has 1 aromatic carbocycles. The van der Waals surface area contributed by atoms with Gasteiger partial charge in [0.05, 0.1) is 12.6 Å². The van der Waals surface area contributed by atoms with Crippen LogP contribution in [0.5, 0.6) is 0 Å². The quantitative estimate of drug-likeness (QED) is 0.636. The smallest absolute Gasteiger partial charge is 0.248 e. The van der Waals surface area contributed by atoms with Crippen molar-refractivity contribution in [3.05, 3.63) is 35.4 Å². The highest BCUT2D eigenvalue weighted by atomic mass is 32.2. The van der Waals surface area contributed by atoms with Crippen molar-refractivity contribution < 1.29 is 9.53 Å². The van der Waals surface area contributed by atoms with Gasteiger partial charge in [-0.25, -0.2) is 0 Å². The molecule has 1 atom stereocenters. The molecule has 0 saturated carbocycles. The third kappa shape index (κ3) is 4.54. The van der Waals surface area contributed by atoms with Crippen molar-refractivity contribution in [2.75, 3.05) is 13.2 Å². The van der Waals surface area contributed by atoms with Gasteiger partial charge in [-0.15, -0.1) is 0 Å². The number of carbonyl (C=O) groups is 1. The number of aliphatic imine (C=N–C) groups is 1. The van der Waals surface area contributed by atoms with Gasteiger partial charge in [-0.05, 0) is 30.5 Å². The summed E-state index contributed by atoms with van der Waals surface area (Å²) in [7, 11) is 0. The van der Waals surface area contributed by atoms with E-state index < -0.39 is 5.91 Å². The van der Waals surface area contributed by atoms with Gasteiger partial charge in [0, 0.05) is 17.9 Å². The highest BCUT2D eigenvalue weighted by Crippen LogP contribution is 2.15. The SMILES string of the molecule is NC(=O)c1ccc(CSC(N)=NCC2CCCO2)cc1. The molecule has 2 rings (SSSR count). The molecule has 20 heavy (non-hydrogen) atoms. The molecule has 0 aromatic heterocycles. The van der Waals surface area contributed by atoms with Gasteiger partial charge in [0.1, 0.15) is 0 Å². The van der Waals surface area contributed by atoms with E-state index in [4.69, 9.17) is 16.2 Å². The van der Waals surface area contributed by atoms with E-state index in [9.17, 15) is 4.79 Å². The summed E-state index contributed by atoms with van der Waals surface area (Å²) in [5.74, 6) is 0.307. The normalized spacial score (nSPS) is 19.2. The highest BCUT2D eigenvalue weighted by molar-refractivity contribution is 8.13. The van der Waals surface area contributed by atoms with Gasteiger partial charge in [-0.1, -0.05) is 23.9 Å². The summed E-state index contributed by atoms with van der Waals surface area (Å²) in [4.78, 5) is 15.3. The number of amidine groups is 1. The number of ether oxygens (including phenoxy) is 1. The Kier molecular flexibility index (Phi) is 5.43. The first kappa shape index (κ1) is 14.9. The molecule has 5 nitrogen and oxygen atoms in total. The lowest BCUT2D eigenvalue weighted by Gasteiger charge is -2.06. The predicted molar refractivity (Wildman–Crippen MR) is 81.7 cm³/mol. The van der Waals surface area contributed by atoms with E-state index in [1.807, 2.05) is 12.1 Å². The van der Waals surface area contributed by atoms with Crippen molar-refractivity contribution in [1.82, 2.24) is 0 Å². The molecule has 1 aliphatic heterocycles. The van der Waals surface area contributed by atoms with Crippen LogP contribution in [0.15, 0.2) is 29.3 Å². The second-order valence-corrected chi connectivity index (χ2v) is 5.66. The van der Waals surface area contributed by atoms with Crippen LogP contribution in [-0.2, 0) is 10.5 Å². The van der Waals surface area contributed by atoms with Crippen molar-refractivity contribution in [1.29, 1.82) is 0 Å². The lowest BCUT2D eigenvalue weighted by molar-refractivity contribution is 0.1000. The van der Waals surface area contributed by atoms with E-state index in [-0.39, 0.29) is 6.10 Å². The Hall–Kier alpha value is -1.53. The summed E-state index contributed by atoms with van der Waals surface area (Å²) in [6.45, 7) is 1.47.